The summed E-state index contributed by atoms with van der Waals surface area (Å²) in [5.74, 6) is -1.59. The van der Waals surface area contributed by atoms with Crippen molar-refractivity contribution in [1.82, 2.24) is 10.1 Å². The smallest absolute Gasteiger partial charge is 0.338 e. The number of hydrogen-bond acceptors (Lipinski definition) is 7. The first kappa shape index (κ1) is 21.0. The average molecular weight is 433 g/mol. The fraction of sp³-hybridized carbons (Fsp3) is 0.174. The first-order valence-electron chi connectivity index (χ1n) is 9.82. The van der Waals surface area contributed by atoms with Gasteiger partial charge in [-0.3, -0.25) is 19.3 Å². The molecule has 0 saturated heterocycles. The van der Waals surface area contributed by atoms with Crippen molar-refractivity contribution in [1.29, 1.82) is 0 Å². The third kappa shape index (κ3) is 4.00. The molecule has 3 amide bonds. The van der Waals surface area contributed by atoms with Gasteiger partial charge in [0.2, 0.25) is 0 Å². The van der Waals surface area contributed by atoms with Crippen molar-refractivity contribution in [3.8, 4) is 0 Å². The van der Waals surface area contributed by atoms with Gasteiger partial charge in [0.25, 0.3) is 17.7 Å². The highest BCUT2D eigenvalue weighted by atomic mass is 16.5. The van der Waals surface area contributed by atoms with E-state index in [1.54, 1.807) is 13.8 Å². The molecule has 0 spiro atoms. The van der Waals surface area contributed by atoms with Crippen molar-refractivity contribution in [2.75, 3.05) is 11.9 Å². The van der Waals surface area contributed by atoms with Crippen LogP contribution in [0.2, 0.25) is 0 Å². The summed E-state index contributed by atoms with van der Waals surface area (Å²) in [6.07, 6.45) is 0. The number of fused-ring (bicyclic) bond motifs is 1. The minimum atomic E-state index is -0.797. The molecular formula is C23H19N3O6. The molecule has 0 saturated carbocycles. The molecule has 1 N–H and O–H groups in total. The van der Waals surface area contributed by atoms with Crippen LogP contribution >= 0.6 is 0 Å². The Kier molecular flexibility index (Phi) is 5.55. The van der Waals surface area contributed by atoms with E-state index in [1.807, 2.05) is 30.3 Å². The van der Waals surface area contributed by atoms with Crippen LogP contribution in [0.5, 0.6) is 0 Å². The zero-order valence-electron chi connectivity index (χ0n) is 17.3. The normalized spacial score (nSPS) is 13.6. The summed E-state index contributed by atoms with van der Waals surface area (Å²) >= 11 is 0. The molecule has 4 rings (SSSR count). The fourth-order valence-corrected chi connectivity index (χ4v) is 3.44. The van der Waals surface area contributed by atoms with Gasteiger partial charge < -0.3 is 14.6 Å². The first-order valence-corrected chi connectivity index (χ1v) is 9.82. The predicted octanol–water partition coefficient (Wildman–Crippen LogP) is 3.14. The SMILES string of the molecule is Cc1cc(NC(=O)COC(=O)c2ccc3c(c2)C(=O)N([C@@H](C)c2ccccc2)C3=O)no1. The molecule has 3 aromatic rings. The van der Waals surface area contributed by atoms with Crippen molar-refractivity contribution >= 4 is 29.5 Å². The van der Waals surface area contributed by atoms with Gasteiger partial charge in [-0.1, -0.05) is 35.5 Å². The summed E-state index contributed by atoms with van der Waals surface area (Å²) in [6, 6.07) is 14.4. The van der Waals surface area contributed by atoms with Gasteiger partial charge in [-0.15, -0.1) is 0 Å². The molecule has 1 aliphatic heterocycles. The van der Waals surface area contributed by atoms with E-state index >= 15 is 0 Å². The Balaban J connectivity index is 1.45. The maximum Gasteiger partial charge on any atom is 0.338 e. The highest BCUT2D eigenvalue weighted by Gasteiger charge is 2.39. The lowest BCUT2D eigenvalue weighted by molar-refractivity contribution is -0.119. The molecule has 162 valence electrons. The molecule has 0 radical (unpaired) electrons. The fourth-order valence-electron chi connectivity index (χ4n) is 3.44. The lowest BCUT2D eigenvalue weighted by Crippen LogP contribution is -2.32. The van der Waals surface area contributed by atoms with Crippen molar-refractivity contribution in [2.24, 2.45) is 0 Å². The van der Waals surface area contributed by atoms with Crippen LogP contribution in [0.25, 0.3) is 0 Å². The van der Waals surface area contributed by atoms with Crippen LogP contribution in [0, 0.1) is 6.92 Å². The summed E-state index contributed by atoms with van der Waals surface area (Å²) in [5.41, 5.74) is 1.21. The monoisotopic (exact) mass is 433 g/mol. The molecule has 1 aromatic heterocycles. The third-order valence-corrected chi connectivity index (χ3v) is 5.05. The second-order valence-corrected chi connectivity index (χ2v) is 7.27. The van der Waals surface area contributed by atoms with Crippen molar-refractivity contribution in [3.05, 3.63) is 82.6 Å². The number of aryl methyl sites for hydroxylation is 1. The summed E-state index contributed by atoms with van der Waals surface area (Å²) in [4.78, 5) is 51.2. The third-order valence-electron chi connectivity index (χ3n) is 5.05. The van der Waals surface area contributed by atoms with Crippen molar-refractivity contribution in [3.63, 3.8) is 0 Å². The first-order chi connectivity index (χ1) is 15.3. The number of esters is 1. The van der Waals surface area contributed by atoms with Crippen molar-refractivity contribution in [2.45, 2.75) is 19.9 Å². The standard InChI is InChI=1S/C23H19N3O6/c1-13-10-19(25-32-13)24-20(27)12-31-23(30)16-8-9-17-18(11-16)22(29)26(21(17)28)14(2)15-6-4-3-5-7-15/h3-11,14H,12H2,1-2H3,(H,24,25,27)/t14-/m0/s1. The van der Waals surface area contributed by atoms with Gasteiger partial charge in [0.1, 0.15) is 5.76 Å². The van der Waals surface area contributed by atoms with Gasteiger partial charge in [-0.05, 0) is 37.6 Å². The lowest BCUT2D eigenvalue weighted by atomic mass is 10.1. The van der Waals surface area contributed by atoms with Crippen LogP contribution in [0.1, 0.15) is 55.4 Å². The zero-order chi connectivity index (χ0) is 22.8. The van der Waals surface area contributed by atoms with Crippen LogP contribution in [0.4, 0.5) is 5.82 Å². The number of amides is 3. The van der Waals surface area contributed by atoms with E-state index in [9.17, 15) is 19.2 Å². The van der Waals surface area contributed by atoms with Gasteiger partial charge >= 0.3 is 5.97 Å². The number of hydrogen-bond donors (Lipinski definition) is 1. The second-order valence-electron chi connectivity index (χ2n) is 7.27. The zero-order valence-corrected chi connectivity index (χ0v) is 17.3. The number of nitrogens with zero attached hydrogens (tertiary/aromatic N) is 2. The Labute approximate surface area is 182 Å². The number of benzene rings is 2. The van der Waals surface area contributed by atoms with E-state index in [2.05, 4.69) is 10.5 Å². The molecule has 0 fully saturated rings. The number of nitrogens with one attached hydrogen (secondary N) is 1. The molecular weight excluding hydrogens is 414 g/mol. The molecule has 1 aliphatic rings. The Morgan fingerprint density at radius 1 is 1.06 bits per heavy atom. The summed E-state index contributed by atoms with van der Waals surface area (Å²) in [7, 11) is 0. The maximum atomic E-state index is 12.9. The molecule has 0 unspecified atom stereocenters. The number of carbonyl (C=O) groups excluding carboxylic acids is 4. The van der Waals surface area contributed by atoms with E-state index < -0.39 is 36.3 Å². The lowest BCUT2D eigenvalue weighted by Gasteiger charge is -2.22. The van der Waals surface area contributed by atoms with Crippen LogP contribution in [0.3, 0.4) is 0 Å². The molecule has 0 bridgehead atoms. The topological polar surface area (TPSA) is 119 Å². The van der Waals surface area contributed by atoms with E-state index in [1.165, 1.54) is 29.2 Å². The number of carbonyl (C=O) groups is 4. The molecule has 9 heteroatoms. The molecule has 9 nitrogen and oxygen atoms in total. The molecule has 32 heavy (non-hydrogen) atoms. The van der Waals surface area contributed by atoms with Gasteiger partial charge in [0.05, 0.1) is 22.7 Å². The Hall–Kier alpha value is -4.27. The highest BCUT2D eigenvalue weighted by molar-refractivity contribution is 6.22. The van der Waals surface area contributed by atoms with Gasteiger partial charge in [0, 0.05) is 6.07 Å². The Morgan fingerprint density at radius 2 is 1.78 bits per heavy atom. The molecule has 2 heterocycles. The second kappa shape index (κ2) is 8.46. The van der Waals surface area contributed by atoms with Gasteiger partial charge in [-0.25, -0.2) is 4.79 Å². The number of anilines is 1. The summed E-state index contributed by atoms with van der Waals surface area (Å²) < 4.78 is 9.85. The number of imide groups is 1. The quantitative estimate of drug-likeness (QED) is 0.468. The van der Waals surface area contributed by atoms with E-state index in [4.69, 9.17) is 9.26 Å². The minimum Gasteiger partial charge on any atom is -0.452 e. The molecule has 1 atom stereocenters. The summed E-state index contributed by atoms with van der Waals surface area (Å²) in [5, 5.41) is 6.05. The van der Waals surface area contributed by atoms with Gasteiger partial charge in [0.15, 0.2) is 12.4 Å². The number of rotatable bonds is 6. The minimum absolute atomic E-state index is 0.0594. The molecule has 2 aromatic carbocycles. The van der Waals surface area contributed by atoms with E-state index in [0.29, 0.717) is 5.76 Å². The Morgan fingerprint density at radius 3 is 2.47 bits per heavy atom. The maximum absolute atomic E-state index is 12.9. The van der Waals surface area contributed by atoms with Crippen molar-refractivity contribution < 1.29 is 28.4 Å². The predicted molar refractivity (Wildman–Crippen MR) is 112 cm³/mol. The largest absolute Gasteiger partial charge is 0.452 e. The van der Waals surface area contributed by atoms with Gasteiger partial charge in [-0.2, -0.15) is 0 Å². The highest BCUT2D eigenvalue weighted by Crippen LogP contribution is 2.31. The Bertz CT molecular complexity index is 1220. The van der Waals surface area contributed by atoms with Crippen LogP contribution < -0.4 is 5.32 Å². The number of ether oxygens (including phenoxy) is 1. The molecule has 0 aliphatic carbocycles. The van der Waals surface area contributed by atoms with Crippen LogP contribution in [-0.4, -0.2) is 40.4 Å². The van der Waals surface area contributed by atoms with Crippen LogP contribution in [-0.2, 0) is 9.53 Å². The number of aromatic nitrogens is 1. The average Bonchev–Trinajstić information content (AvgIpc) is 3.31. The van der Waals surface area contributed by atoms with E-state index in [-0.39, 0.29) is 22.5 Å². The van der Waals surface area contributed by atoms with Crippen LogP contribution in [0.15, 0.2) is 59.1 Å². The van der Waals surface area contributed by atoms with E-state index in [0.717, 1.165) is 5.56 Å². The summed E-state index contributed by atoms with van der Waals surface area (Å²) in [6.45, 7) is 2.89.